The molecule has 3 aromatic rings. The Bertz CT molecular complexity index is 1040. The molecule has 1 aliphatic rings. The Hall–Kier alpha value is -1.71. The van der Waals surface area contributed by atoms with E-state index >= 15 is 0 Å². The van der Waals surface area contributed by atoms with Crippen LogP contribution in [0.2, 0.25) is 0 Å². The van der Waals surface area contributed by atoms with Crippen LogP contribution in [0.1, 0.15) is 25.3 Å². The number of thiazole rings is 1. The molecule has 1 atom stereocenters. The Morgan fingerprint density at radius 1 is 1.41 bits per heavy atom. The number of thioether (sulfide) groups is 1. The first-order valence-corrected chi connectivity index (χ1v) is 12.1. The van der Waals surface area contributed by atoms with Crippen LogP contribution in [0.5, 0.6) is 0 Å². The molecule has 1 saturated heterocycles. The van der Waals surface area contributed by atoms with E-state index in [0.29, 0.717) is 11.6 Å². The van der Waals surface area contributed by atoms with Gasteiger partial charge < -0.3 is 10.2 Å². The highest BCUT2D eigenvalue weighted by molar-refractivity contribution is 9.10. The number of nitrogens with zero attached hydrogens (tertiary/aromatic N) is 4. The van der Waals surface area contributed by atoms with Crippen molar-refractivity contribution in [2.24, 2.45) is 5.92 Å². The SMILES string of the molecule is Cc1ccc(NC(=O)CSc2ncnc3nc(N4CCC[C@H](C)C4)sc23)c(Br)c1. The molecule has 0 aliphatic carbocycles. The molecule has 0 spiro atoms. The molecule has 152 valence electrons. The number of anilines is 2. The number of fused-ring (bicyclic) bond motifs is 1. The van der Waals surface area contributed by atoms with E-state index in [9.17, 15) is 4.79 Å². The number of halogens is 1. The van der Waals surface area contributed by atoms with Crippen LogP contribution in [-0.2, 0) is 4.79 Å². The minimum absolute atomic E-state index is 0.0686. The van der Waals surface area contributed by atoms with Gasteiger partial charge in [-0.3, -0.25) is 4.79 Å². The smallest absolute Gasteiger partial charge is 0.234 e. The fraction of sp³-hybridized carbons (Fsp3) is 0.400. The molecule has 1 aromatic carbocycles. The molecular formula is C20H22BrN5OS2. The second kappa shape index (κ2) is 8.97. The van der Waals surface area contributed by atoms with Crippen molar-refractivity contribution in [2.75, 3.05) is 29.1 Å². The van der Waals surface area contributed by atoms with E-state index in [1.54, 1.807) is 11.3 Å². The van der Waals surface area contributed by atoms with Gasteiger partial charge in [-0.15, -0.1) is 0 Å². The summed E-state index contributed by atoms with van der Waals surface area (Å²) in [6.07, 6.45) is 4.00. The molecule has 29 heavy (non-hydrogen) atoms. The summed E-state index contributed by atoms with van der Waals surface area (Å²) in [5.41, 5.74) is 2.62. The highest BCUT2D eigenvalue weighted by Crippen LogP contribution is 2.35. The van der Waals surface area contributed by atoms with E-state index < -0.39 is 0 Å². The first kappa shape index (κ1) is 20.6. The third kappa shape index (κ3) is 4.90. The molecule has 2 aromatic heterocycles. The average Bonchev–Trinajstić information content (AvgIpc) is 3.13. The first-order valence-electron chi connectivity index (χ1n) is 9.55. The molecule has 1 aliphatic heterocycles. The normalized spacial score (nSPS) is 16.9. The molecule has 6 nitrogen and oxygen atoms in total. The number of carbonyl (C=O) groups is 1. The monoisotopic (exact) mass is 491 g/mol. The van der Waals surface area contributed by atoms with Gasteiger partial charge in [0.15, 0.2) is 10.8 Å². The van der Waals surface area contributed by atoms with Crippen LogP contribution in [0.4, 0.5) is 10.8 Å². The molecule has 4 rings (SSSR count). The van der Waals surface area contributed by atoms with Gasteiger partial charge in [-0.25, -0.2) is 9.97 Å². The highest BCUT2D eigenvalue weighted by atomic mass is 79.9. The second-order valence-electron chi connectivity index (χ2n) is 7.34. The van der Waals surface area contributed by atoms with Crippen molar-refractivity contribution >= 4 is 66.1 Å². The van der Waals surface area contributed by atoms with E-state index in [1.807, 2.05) is 25.1 Å². The molecule has 3 heterocycles. The molecule has 9 heteroatoms. The highest BCUT2D eigenvalue weighted by Gasteiger charge is 2.21. The Morgan fingerprint density at radius 3 is 3.07 bits per heavy atom. The number of carbonyl (C=O) groups excluding carboxylic acids is 1. The zero-order valence-electron chi connectivity index (χ0n) is 16.3. The largest absolute Gasteiger partial charge is 0.348 e. The van der Waals surface area contributed by atoms with Crippen molar-refractivity contribution in [3.05, 3.63) is 34.6 Å². The summed E-state index contributed by atoms with van der Waals surface area (Å²) < 4.78 is 1.83. The van der Waals surface area contributed by atoms with Crippen molar-refractivity contribution in [3.8, 4) is 0 Å². The van der Waals surface area contributed by atoms with Gasteiger partial charge in [0.1, 0.15) is 16.1 Å². The maximum absolute atomic E-state index is 12.4. The Balaban J connectivity index is 1.45. The predicted octanol–water partition coefficient (Wildman–Crippen LogP) is 5.12. The minimum atomic E-state index is -0.0686. The number of aryl methyl sites for hydroxylation is 1. The van der Waals surface area contributed by atoms with Crippen LogP contribution < -0.4 is 10.2 Å². The van der Waals surface area contributed by atoms with Crippen LogP contribution in [0.3, 0.4) is 0 Å². The lowest BCUT2D eigenvalue weighted by Gasteiger charge is -2.30. The predicted molar refractivity (Wildman–Crippen MR) is 124 cm³/mol. The second-order valence-corrected chi connectivity index (χ2v) is 10.1. The van der Waals surface area contributed by atoms with Gasteiger partial charge in [0.05, 0.1) is 11.4 Å². The zero-order valence-corrected chi connectivity index (χ0v) is 19.5. The number of amides is 1. The van der Waals surface area contributed by atoms with Crippen molar-refractivity contribution in [2.45, 2.75) is 31.7 Å². The van der Waals surface area contributed by atoms with Gasteiger partial charge in [-0.05, 0) is 59.3 Å². The summed E-state index contributed by atoms with van der Waals surface area (Å²) in [7, 11) is 0. The Kier molecular flexibility index (Phi) is 6.36. The first-order chi connectivity index (χ1) is 14.0. The maximum Gasteiger partial charge on any atom is 0.234 e. The van der Waals surface area contributed by atoms with Gasteiger partial charge >= 0.3 is 0 Å². The zero-order chi connectivity index (χ0) is 20.4. The number of aromatic nitrogens is 3. The molecular weight excluding hydrogens is 470 g/mol. The molecule has 0 saturated carbocycles. The fourth-order valence-electron chi connectivity index (χ4n) is 3.37. The van der Waals surface area contributed by atoms with Gasteiger partial charge in [0.2, 0.25) is 5.91 Å². The Morgan fingerprint density at radius 2 is 2.28 bits per heavy atom. The molecule has 1 amide bonds. The van der Waals surface area contributed by atoms with E-state index in [4.69, 9.17) is 4.98 Å². The summed E-state index contributed by atoms with van der Waals surface area (Å²) in [4.78, 5) is 28.2. The van der Waals surface area contributed by atoms with Crippen molar-refractivity contribution in [1.82, 2.24) is 15.0 Å². The molecule has 1 fully saturated rings. The number of nitrogens with one attached hydrogen (secondary N) is 1. The number of rotatable bonds is 5. The van der Waals surface area contributed by atoms with Crippen LogP contribution >= 0.6 is 39.0 Å². The molecule has 0 bridgehead atoms. The Labute approximate surface area is 186 Å². The quantitative estimate of drug-likeness (QED) is 0.394. The lowest BCUT2D eigenvalue weighted by Crippen LogP contribution is -2.34. The topological polar surface area (TPSA) is 71.0 Å². The lowest BCUT2D eigenvalue weighted by molar-refractivity contribution is -0.113. The number of hydrogen-bond donors (Lipinski definition) is 1. The third-order valence-corrected chi connectivity index (χ3v) is 7.70. The van der Waals surface area contributed by atoms with E-state index in [0.717, 1.165) is 43.7 Å². The third-order valence-electron chi connectivity index (χ3n) is 4.81. The summed E-state index contributed by atoms with van der Waals surface area (Å²) >= 11 is 6.54. The van der Waals surface area contributed by atoms with Crippen LogP contribution in [0.25, 0.3) is 10.3 Å². The van der Waals surface area contributed by atoms with Gasteiger partial charge in [-0.2, -0.15) is 4.98 Å². The minimum Gasteiger partial charge on any atom is -0.348 e. The van der Waals surface area contributed by atoms with Gasteiger partial charge in [0.25, 0.3) is 0 Å². The molecule has 0 unspecified atom stereocenters. The van der Waals surface area contributed by atoms with Crippen LogP contribution in [0, 0.1) is 12.8 Å². The molecule has 0 radical (unpaired) electrons. The lowest BCUT2D eigenvalue weighted by atomic mass is 10.0. The van der Waals surface area contributed by atoms with E-state index in [-0.39, 0.29) is 11.7 Å². The fourth-order valence-corrected chi connectivity index (χ4v) is 5.88. The van der Waals surface area contributed by atoms with E-state index in [1.165, 1.54) is 30.9 Å². The summed E-state index contributed by atoms with van der Waals surface area (Å²) in [5.74, 6) is 0.891. The number of hydrogen-bond acceptors (Lipinski definition) is 7. The van der Waals surface area contributed by atoms with Crippen molar-refractivity contribution in [3.63, 3.8) is 0 Å². The van der Waals surface area contributed by atoms with Gasteiger partial charge in [-0.1, -0.05) is 36.1 Å². The summed E-state index contributed by atoms with van der Waals surface area (Å²) in [6.45, 7) is 6.36. The van der Waals surface area contributed by atoms with Gasteiger partial charge in [0, 0.05) is 17.6 Å². The van der Waals surface area contributed by atoms with Crippen LogP contribution in [-0.4, -0.2) is 39.7 Å². The summed E-state index contributed by atoms with van der Waals surface area (Å²) in [5, 5.41) is 4.76. The van der Waals surface area contributed by atoms with Crippen molar-refractivity contribution < 1.29 is 4.79 Å². The maximum atomic E-state index is 12.4. The van der Waals surface area contributed by atoms with Crippen molar-refractivity contribution in [1.29, 1.82) is 0 Å². The average molecular weight is 492 g/mol. The standard InChI is InChI=1S/C20H22BrN5OS2/c1-12-5-6-15(14(21)8-12)24-16(27)10-28-19-17-18(22-11-23-19)25-20(29-17)26-7-3-4-13(2)9-26/h5-6,8,11,13H,3-4,7,9-10H2,1-2H3,(H,24,27)/t13-/m0/s1. The summed E-state index contributed by atoms with van der Waals surface area (Å²) in [6, 6.07) is 5.86. The number of piperidine rings is 1. The number of benzene rings is 1. The van der Waals surface area contributed by atoms with E-state index in [2.05, 4.69) is 43.0 Å². The molecule has 1 N–H and O–H groups in total. The van der Waals surface area contributed by atoms with Crippen LogP contribution in [0.15, 0.2) is 34.0 Å².